The highest BCUT2D eigenvalue weighted by molar-refractivity contribution is 5.75. The molecule has 0 rings (SSSR count). The Hall–Kier alpha value is -0.883. The van der Waals surface area contributed by atoms with E-state index in [1.807, 2.05) is 0 Å². The topological polar surface area (TPSA) is 101 Å². The minimum absolute atomic E-state index is 0. The lowest BCUT2D eigenvalue weighted by Gasteiger charge is -2.01. The summed E-state index contributed by atoms with van der Waals surface area (Å²) in [6.07, 6.45) is -0.224. The zero-order valence-corrected chi connectivity index (χ0v) is 5.28. The molecule has 0 spiro atoms. The van der Waals surface area contributed by atoms with Gasteiger partial charge < -0.3 is 15.9 Å². The van der Waals surface area contributed by atoms with E-state index in [1.165, 1.54) is 0 Å². The summed E-state index contributed by atoms with van der Waals surface area (Å²) in [5.41, 5.74) is 5.00. The molecular weight excluding hydrogens is 166 g/mol. The molecule has 0 heterocycles. The van der Waals surface area contributed by atoms with Gasteiger partial charge in [0.2, 0.25) is 0 Å². The van der Waals surface area contributed by atoms with Crippen LogP contribution in [0.25, 0.3) is 0 Å². The Bertz CT molecular complexity index is 149. The molecule has 0 aliphatic carbocycles. The second kappa shape index (κ2) is 5.87. The van der Waals surface area contributed by atoms with E-state index >= 15 is 0 Å². The number of carboxylic acids is 2. The van der Waals surface area contributed by atoms with Gasteiger partial charge >= 0.3 is 11.9 Å². The predicted molar refractivity (Wildman–Crippen MR) is 43.8 cm³/mol. The molecule has 0 saturated carbocycles. The highest BCUT2D eigenvalue weighted by atomic mass is 28.1. The van der Waals surface area contributed by atoms with E-state index in [4.69, 9.17) is 15.9 Å². The van der Waals surface area contributed by atoms with Gasteiger partial charge in [-0.1, -0.05) is 0 Å². The van der Waals surface area contributed by atoms with E-state index in [2.05, 4.69) is 0 Å². The molecule has 0 aliphatic heterocycles. The van der Waals surface area contributed by atoms with Crippen molar-refractivity contribution >= 4 is 22.9 Å². The summed E-state index contributed by atoms with van der Waals surface area (Å²) in [6.45, 7) is 0. The van der Waals surface area contributed by atoms with Crippen LogP contribution < -0.4 is 5.73 Å². The van der Waals surface area contributed by atoms with Crippen LogP contribution in [0.1, 0.15) is 12.8 Å². The van der Waals surface area contributed by atoms with Crippen molar-refractivity contribution in [1.82, 2.24) is 0 Å². The fraction of sp³-hybridized carbons (Fsp3) is 0.600. The van der Waals surface area contributed by atoms with Crippen LogP contribution in [0.3, 0.4) is 0 Å². The van der Waals surface area contributed by atoms with Crippen LogP contribution >= 0.6 is 0 Å². The van der Waals surface area contributed by atoms with Crippen molar-refractivity contribution < 1.29 is 19.8 Å². The number of rotatable bonds is 4. The summed E-state index contributed by atoms with van der Waals surface area (Å²) < 4.78 is 0. The van der Waals surface area contributed by atoms with E-state index in [9.17, 15) is 9.59 Å². The van der Waals surface area contributed by atoms with Crippen molar-refractivity contribution in [3.05, 3.63) is 0 Å². The molecule has 0 aliphatic rings. The van der Waals surface area contributed by atoms with Crippen molar-refractivity contribution in [2.75, 3.05) is 0 Å². The van der Waals surface area contributed by atoms with E-state index in [0.29, 0.717) is 0 Å². The zero-order valence-electron chi connectivity index (χ0n) is 5.28. The fourth-order valence-electron chi connectivity index (χ4n) is 0.402. The normalized spacial score (nSPS) is 11.4. The first-order valence-corrected chi connectivity index (χ1v) is 2.74. The summed E-state index contributed by atoms with van der Waals surface area (Å²) >= 11 is 0. The van der Waals surface area contributed by atoms with Crippen molar-refractivity contribution in [3.63, 3.8) is 0 Å². The third-order valence-corrected chi connectivity index (χ3v) is 0.986. The first kappa shape index (κ1) is 12.8. The summed E-state index contributed by atoms with van der Waals surface area (Å²) in [6, 6.07) is -1.06. The summed E-state index contributed by atoms with van der Waals surface area (Å²) in [5.74, 6) is -2.20. The number of carboxylic acid groups (broad SMARTS) is 2. The Morgan fingerprint density at radius 2 is 1.82 bits per heavy atom. The van der Waals surface area contributed by atoms with Crippen molar-refractivity contribution in [3.8, 4) is 0 Å². The number of carbonyl (C=O) groups is 2. The van der Waals surface area contributed by atoms with Crippen molar-refractivity contribution in [2.45, 2.75) is 18.9 Å². The summed E-state index contributed by atoms with van der Waals surface area (Å²) in [5, 5.41) is 16.3. The SMILES string of the molecule is NC(CCC(=O)O)C(=O)O.[SiH4]. The maximum Gasteiger partial charge on any atom is 0.320 e. The van der Waals surface area contributed by atoms with E-state index < -0.39 is 18.0 Å². The average Bonchev–Trinajstić information content (AvgIpc) is 1.82. The van der Waals surface area contributed by atoms with Gasteiger partial charge in [0.25, 0.3) is 0 Å². The predicted octanol–water partition coefficient (Wildman–Crippen LogP) is -2.19. The Morgan fingerprint density at radius 3 is 2.09 bits per heavy atom. The smallest absolute Gasteiger partial charge is 0.320 e. The molecule has 0 bridgehead atoms. The summed E-state index contributed by atoms with van der Waals surface area (Å²) in [4.78, 5) is 19.9. The van der Waals surface area contributed by atoms with E-state index in [-0.39, 0.29) is 23.8 Å². The minimum atomic E-state index is -1.17. The molecule has 6 heteroatoms. The Morgan fingerprint density at radius 1 is 1.36 bits per heavy atom. The summed E-state index contributed by atoms with van der Waals surface area (Å²) in [7, 11) is 0. The molecule has 0 aromatic carbocycles. The van der Waals surface area contributed by atoms with E-state index in [1.54, 1.807) is 0 Å². The van der Waals surface area contributed by atoms with Gasteiger partial charge in [0.15, 0.2) is 0 Å². The number of hydrogen-bond donors (Lipinski definition) is 3. The highest BCUT2D eigenvalue weighted by Crippen LogP contribution is 1.93. The van der Waals surface area contributed by atoms with Gasteiger partial charge in [-0.2, -0.15) is 0 Å². The number of nitrogens with two attached hydrogens (primary N) is 1. The van der Waals surface area contributed by atoms with Crippen LogP contribution in [0, 0.1) is 0 Å². The molecule has 1 unspecified atom stereocenters. The van der Waals surface area contributed by atoms with Crippen LogP contribution in [-0.2, 0) is 9.59 Å². The van der Waals surface area contributed by atoms with Crippen LogP contribution in [0.4, 0.5) is 0 Å². The molecule has 0 aromatic rings. The maximum absolute atomic E-state index is 9.99. The largest absolute Gasteiger partial charge is 0.481 e. The first-order valence-electron chi connectivity index (χ1n) is 2.74. The number of hydrogen-bond acceptors (Lipinski definition) is 3. The van der Waals surface area contributed by atoms with Crippen molar-refractivity contribution in [1.29, 1.82) is 0 Å². The molecule has 11 heavy (non-hydrogen) atoms. The van der Waals surface area contributed by atoms with Crippen molar-refractivity contribution in [2.24, 2.45) is 5.73 Å². The first-order chi connectivity index (χ1) is 4.54. The molecule has 0 amide bonds. The third kappa shape index (κ3) is 7.01. The lowest BCUT2D eigenvalue weighted by molar-refractivity contribution is -0.139. The molecule has 4 N–H and O–H groups in total. The molecule has 5 nitrogen and oxygen atoms in total. The maximum atomic E-state index is 9.99. The lowest BCUT2D eigenvalue weighted by Crippen LogP contribution is -2.30. The molecule has 0 radical (unpaired) electrons. The van der Waals surface area contributed by atoms with Crippen LogP contribution in [0.2, 0.25) is 0 Å². The quantitative estimate of drug-likeness (QED) is 0.426. The van der Waals surface area contributed by atoms with Gasteiger partial charge in [-0.05, 0) is 17.4 Å². The van der Waals surface area contributed by atoms with Crippen LogP contribution in [0.15, 0.2) is 0 Å². The molecule has 0 aromatic heterocycles. The Kier molecular flexibility index (Phi) is 6.81. The van der Waals surface area contributed by atoms with Gasteiger partial charge in [0, 0.05) is 6.42 Å². The molecule has 0 fully saturated rings. The Balaban J connectivity index is 0. The second-order valence-corrected chi connectivity index (χ2v) is 1.88. The molecule has 0 saturated heterocycles. The zero-order chi connectivity index (χ0) is 8.15. The Labute approximate surface area is 68.2 Å². The van der Waals surface area contributed by atoms with Gasteiger partial charge in [0.05, 0.1) is 0 Å². The van der Waals surface area contributed by atoms with Gasteiger partial charge in [-0.3, -0.25) is 9.59 Å². The standard InChI is InChI=1S/C5H9NO4.H4Si/c6-3(5(9)10)1-2-4(7)8;/h3H,1-2,6H2,(H,7,8)(H,9,10);1H4. The minimum Gasteiger partial charge on any atom is -0.481 e. The fourth-order valence-corrected chi connectivity index (χ4v) is 0.402. The molecular formula is C5H13NO4Si. The van der Waals surface area contributed by atoms with Crippen LogP contribution in [0.5, 0.6) is 0 Å². The van der Waals surface area contributed by atoms with Gasteiger partial charge in [-0.25, -0.2) is 0 Å². The molecule has 1 atom stereocenters. The average molecular weight is 179 g/mol. The third-order valence-electron chi connectivity index (χ3n) is 0.986. The van der Waals surface area contributed by atoms with E-state index in [0.717, 1.165) is 0 Å². The molecule has 66 valence electrons. The van der Waals surface area contributed by atoms with Gasteiger partial charge in [-0.15, -0.1) is 0 Å². The lowest BCUT2D eigenvalue weighted by atomic mass is 10.2. The van der Waals surface area contributed by atoms with Crippen LogP contribution in [-0.4, -0.2) is 39.2 Å². The number of aliphatic carboxylic acids is 2. The van der Waals surface area contributed by atoms with Gasteiger partial charge in [0.1, 0.15) is 6.04 Å². The second-order valence-electron chi connectivity index (χ2n) is 1.88. The highest BCUT2D eigenvalue weighted by Gasteiger charge is 2.12. The monoisotopic (exact) mass is 179 g/mol.